The second-order valence-electron chi connectivity index (χ2n) is 4.49. The van der Waals surface area contributed by atoms with Gasteiger partial charge in [-0.25, -0.2) is 0 Å². The average Bonchev–Trinajstić information content (AvgIpc) is 2.12. The Morgan fingerprint density at radius 3 is 2.29 bits per heavy atom. The second-order valence-corrected chi connectivity index (χ2v) is 4.49. The maximum Gasteiger partial charge on any atom is 0.161 e. The van der Waals surface area contributed by atoms with Crippen molar-refractivity contribution < 1.29 is 9.90 Å². The van der Waals surface area contributed by atoms with Crippen molar-refractivity contribution in [2.24, 2.45) is 11.8 Å². The van der Waals surface area contributed by atoms with Gasteiger partial charge in [0, 0.05) is 6.42 Å². The molecule has 1 unspecified atom stereocenters. The molecule has 0 aromatic heterocycles. The predicted molar refractivity (Wildman–Crippen MR) is 57.0 cm³/mol. The fraction of sp³-hybridized carbons (Fsp3) is 0.917. The molecule has 1 N–H and O–H groups in total. The van der Waals surface area contributed by atoms with Gasteiger partial charge in [-0.3, -0.25) is 4.79 Å². The van der Waals surface area contributed by atoms with E-state index in [4.69, 9.17) is 0 Å². The minimum atomic E-state index is -0.703. The molecular formula is C12H22O2. The Hall–Kier alpha value is -0.370. The molecule has 0 bridgehead atoms. The van der Waals surface area contributed by atoms with E-state index in [-0.39, 0.29) is 11.7 Å². The fourth-order valence-electron chi connectivity index (χ4n) is 2.10. The van der Waals surface area contributed by atoms with Gasteiger partial charge in [0.2, 0.25) is 0 Å². The Kier molecular flexibility index (Phi) is 4.59. The summed E-state index contributed by atoms with van der Waals surface area (Å²) in [5, 5.41) is 9.80. The first-order valence-corrected chi connectivity index (χ1v) is 5.89. The molecule has 0 saturated heterocycles. The van der Waals surface area contributed by atoms with Gasteiger partial charge < -0.3 is 5.11 Å². The summed E-state index contributed by atoms with van der Waals surface area (Å²) in [5.41, 5.74) is 0. The minimum Gasteiger partial charge on any atom is -0.385 e. The van der Waals surface area contributed by atoms with Crippen LogP contribution < -0.4 is 0 Å². The maximum atomic E-state index is 11.7. The van der Waals surface area contributed by atoms with Crippen LogP contribution in [0.5, 0.6) is 0 Å². The van der Waals surface area contributed by atoms with Crippen LogP contribution in [0.4, 0.5) is 0 Å². The lowest BCUT2D eigenvalue weighted by molar-refractivity contribution is -0.131. The highest BCUT2D eigenvalue weighted by Crippen LogP contribution is 2.30. The van der Waals surface area contributed by atoms with Gasteiger partial charge in [0.25, 0.3) is 0 Å². The van der Waals surface area contributed by atoms with Crippen LogP contribution in [0.2, 0.25) is 0 Å². The third kappa shape index (κ3) is 2.81. The summed E-state index contributed by atoms with van der Waals surface area (Å²) in [6, 6.07) is 0. The van der Waals surface area contributed by atoms with E-state index in [2.05, 4.69) is 0 Å². The van der Waals surface area contributed by atoms with Gasteiger partial charge in [0.1, 0.15) is 6.10 Å². The smallest absolute Gasteiger partial charge is 0.161 e. The molecule has 0 spiro atoms. The molecule has 1 aliphatic carbocycles. The summed E-state index contributed by atoms with van der Waals surface area (Å²) < 4.78 is 0. The van der Waals surface area contributed by atoms with E-state index in [9.17, 15) is 9.90 Å². The van der Waals surface area contributed by atoms with Gasteiger partial charge >= 0.3 is 0 Å². The van der Waals surface area contributed by atoms with Crippen molar-refractivity contribution in [2.75, 3.05) is 0 Å². The zero-order valence-corrected chi connectivity index (χ0v) is 9.33. The van der Waals surface area contributed by atoms with E-state index in [1.165, 1.54) is 19.3 Å². The summed E-state index contributed by atoms with van der Waals surface area (Å²) >= 11 is 0. The topological polar surface area (TPSA) is 37.3 Å². The molecule has 0 aliphatic heterocycles. The van der Waals surface area contributed by atoms with Crippen molar-refractivity contribution in [2.45, 2.75) is 58.5 Å². The first kappa shape index (κ1) is 11.7. The van der Waals surface area contributed by atoms with Crippen LogP contribution in [-0.4, -0.2) is 17.0 Å². The Balaban J connectivity index is 2.33. The molecule has 1 fully saturated rings. The van der Waals surface area contributed by atoms with Crippen molar-refractivity contribution >= 4 is 5.78 Å². The zero-order chi connectivity index (χ0) is 10.6. The molecule has 1 aliphatic rings. The van der Waals surface area contributed by atoms with Gasteiger partial charge in [-0.1, -0.05) is 46.0 Å². The van der Waals surface area contributed by atoms with Crippen molar-refractivity contribution in [1.29, 1.82) is 0 Å². The predicted octanol–water partition coefficient (Wildman–Crippen LogP) is 2.54. The number of hydrogen-bond donors (Lipinski definition) is 1. The first-order chi connectivity index (χ1) is 6.69. The number of carbonyl (C=O) groups excluding carboxylic acids is 1. The van der Waals surface area contributed by atoms with Gasteiger partial charge in [-0.2, -0.15) is 0 Å². The number of hydrogen-bond acceptors (Lipinski definition) is 2. The number of rotatable bonds is 6. The largest absolute Gasteiger partial charge is 0.385 e. The van der Waals surface area contributed by atoms with Gasteiger partial charge in [0.15, 0.2) is 5.78 Å². The Bertz CT molecular complexity index is 181. The van der Waals surface area contributed by atoms with Crippen LogP contribution in [0, 0.1) is 11.8 Å². The second kappa shape index (κ2) is 5.50. The molecule has 0 aromatic carbocycles. The van der Waals surface area contributed by atoms with E-state index >= 15 is 0 Å². The van der Waals surface area contributed by atoms with Crippen LogP contribution in [0.3, 0.4) is 0 Å². The normalized spacial score (nSPS) is 19.4. The van der Waals surface area contributed by atoms with Gasteiger partial charge in [-0.05, 0) is 11.8 Å². The monoisotopic (exact) mass is 198 g/mol. The highest BCUT2D eigenvalue weighted by atomic mass is 16.3. The molecule has 0 radical (unpaired) electrons. The summed E-state index contributed by atoms with van der Waals surface area (Å²) in [6.45, 7) is 4.07. The molecule has 14 heavy (non-hydrogen) atoms. The van der Waals surface area contributed by atoms with Crippen LogP contribution in [0.25, 0.3) is 0 Å². The maximum absolute atomic E-state index is 11.7. The molecule has 1 rings (SSSR count). The number of aliphatic hydroxyl groups excluding tert-OH is 1. The molecule has 1 atom stereocenters. The summed E-state index contributed by atoms with van der Waals surface area (Å²) in [7, 11) is 0. The molecule has 1 saturated carbocycles. The molecule has 0 heterocycles. The van der Waals surface area contributed by atoms with E-state index in [1.807, 2.05) is 13.8 Å². The van der Waals surface area contributed by atoms with Crippen molar-refractivity contribution in [3.63, 3.8) is 0 Å². The fourth-order valence-corrected chi connectivity index (χ4v) is 2.10. The van der Waals surface area contributed by atoms with E-state index in [0.29, 0.717) is 12.3 Å². The number of carbonyl (C=O) groups is 1. The van der Waals surface area contributed by atoms with Crippen molar-refractivity contribution in [3.05, 3.63) is 0 Å². The number of ketones is 1. The standard InChI is InChI=1S/C12H22O2/c1-3-10(4-2)12(14)11(13)8-9-6-5-7-9/h9-10,12,14H,3-8H2,1-2H3. The van der Waals surface area contributed by atoms with E-state index < -0.39 is 6.10 Å². The molecular weight excluding hydrogens is 176 g/mol. The molecule has 2 nitrogen and oxygen atoms in total. The summed E-state index contributed by atoms with van der Waals surface area (Å²) in [4.78, 5) is 11.7. The van der Waals surface area contributed by atoms with Crippen LogP contribution >= 0.6 is 0 Å². The summed E-state index contributed by atoms with van der Waals surface area (Å²) in [6.07, 6.45) is 5.33. The molecule has 0 aromatic rings. The average molecular weight is 198 g/mol. The lowest BCUT2D eigenvalue weighted by atomic mass is 9.79. The zero-order valence-electron chi connectivity index (χ0n) is 9.33. The lowest BCUT2D eigenvalue weighted by Crippen LogP contribution is -2.31. The van der Waals surface area contributed by atoms with Crippen LogP contribution in [0.1, 0.15) is 52.4 Å². The number of Topliss-reactive ketones (excluding diaryl/α,β-unsaturated/α-hetero) is 1. The Labute approximate surface area is 86.7 Å². The third-order valence-corrected chi connectivity index (χ3v) is 3.54. The van der Waals surface area contributed by atoms with E-state index in [1.54, 1.807) is 0 Å². The third-order valence-electron chi connectivity index (χ3n) is 3.54. The van der Waals surface area contributed by atoms with E-state index in [0.717, 1.165) is 12.8 Å². The Morgan fingerprint density at radius 1 is 1.36 bits per heavy atom. The quantitative estimate of drug-likeness (QED) is 0.712. The van der Waals surface area contributed by atoms with Crippen LogP contribution in [-0.2, 0) is 4.79 Å². The molecule has 2 heteroatoms. The SMILES string of the molecule is CCC(CC)C(O)C(=O)CC1CCC1. The highest BCUT2D eigenvalue weighted by Gasteiger charge is 2.27. The van der Waals surface area contributed by atoms with Crippen LogP contribution in [0.15, 0.2) is 0 Å². The minimum absolute atomic E-state index is 0.0726. The number of aliphatic hydroxyl groups is 1. The Morgan fingerprint density at radius 2 is 1.93 bits per heavy atom. The molecule has 82 valence electrons. The van der Waals surface area contributed by atoms with Gasteiger partial charge in [0.05, 0.1) is 0 Å². The molecule has 0 amide bonds. The first-order valence-electron chi connectivity index (χ1n) is 5.89. The highest BCUT2D eigenvalue weighted by molar-refractivity contribution is 5.83. The lowest BCUT2D eigenvalue weighted by Gasteiger charge is -2.27. The van der Waals surface area contributed by atoms with Gasteiger partial charge in [-0.15, -0.1) is 0 Å². The van der Waals surface area contributed by atoms with Crippen molar-refractivity contribution in [3.8, 4) is 0 Å². The van der Waals surface area contributed by atoms with Crippen molar-refractivity contribution in [1.82, 2.24) is 0 Å². The summed E-state index contributed by atoms with van der Waals surface area (Å²) in [5.74, 6) is 0.817.